The van der Waals surface area contributed by atoms with Gasteiger partial charge < -0.3 is 10.5 Å². The van der Waals surface area contributed by atoms with E-state index in [1.165, 1.54) is 0 Å². The highest BCUT2D eigenvalue weighted by atomic mass is 32.2. The minimum atomic E-state index is -3.28. The van der Waals surface area contributed by atoms with Crippen LogP contribution in [0.15, 0.2) is 35.4 Å². The van der Waals surface area contributed by atoms with Crippen molar-refractivity contribution in [3.63, 3.8) is 0 Å². The summed E-state index contributed by atoms with van der Waals surface area (Å²) in [6.45, 7) is 0.553. The van der Waals surface area contributed by atoms with Gasteiger partial charge in [-0.2, -0.15) is 5.10 Å². The lowest BCUT2D eigenvalue weighted by Gasteiger charge is -2.25. The molecule has 0 radical (unpaired) electrons. The predicted molar refractivity (Wildman–Crippen MR) is 70.2 cm³/mol. The molecule has 0 amide bonds. The third kappa shape index (κ3) is 2.00. The van der Waals surface area contributed by atoms with Crippen LogP contribution in [0.1, 0.15) is 0 Å². The molecule has 100 valence electrons. The molecule has 2 heterocycles. The second-order valence-electron chi connectivity index (χ2n) is 4.43. The lowest BCUT2D eigenvalue weighted by atomic mass is 10.1. The maximum atomic E-state index is 12.2. The summed E-state index contributed by atoms with van der Waals surface area (Å²) in [6, 6.07) is 6.64. The van der Waals surface area contributed by atoms with Gasteiger partial charge in [-0.1, -0.05) is 12.1 Å². The number of nitrogens with one attached hydrogen (secondary N) is 1. The molecule has 0 bridgehead atoms. The number of aromatic nitrogens is 2. The molecule has 0 unspecified atom stereocenters. The van der Waals surface area contributed by atoms with Crippen LogP contribution in [-0.4, -0.2) is 37.1 Å². The molecule has 1 aliphatic heterocycles. The lowest BCUT2D eigenvalue weighted by molar-refractivity contribution is 0.0416. The van der Waals surface area contributed by atoms with E-state index in [1.54, 1.807) is 30.5 Å². The van der Waals surface area contributed by atoms with Crippen molar-refractivity contribution in [3.8, 4) is 11.1 Å². The third-order valence-electron chi connectivity index (χ3n) is 3.21. The fourth-order valence-corrected chi connectivity index (χ4v) is 3.39. The Labute approximate surface area is 110 Å². The van der Waals surface area contributed by atoms with Crippen molar-refractivity contribution in [1.29, 1.82) is 0 Å². The van der Waals surface area contributed by atoms with Gasteiger partial charge >= 0.3 is 0 Å². The van der Waals surface area contributed by atoms with Crippen LogP contribution in [0.25, 0.3) is 11.1 Å². The van der Waals surface area contributed by atoms with E-state index < -0.39 is 15.1 Å². The second-order valence-corrected chi connectivity index (χ2v) is 6.65. The smallest absolute Gasteiger partial charge is 0.185 e. The molecule has 1 aliphatic rings. The van der Waals surface area contributed by atoms with Crippen LogP contribution in [-0.2, 0) is 14.6 Å². The average molecular weight is 279 g/mol. The summed E-state index contributed by atoms with van der Waals surface area (Å²) in [6.07, 6.45) is 1.61. The Balaban J connectivity index is 1.93. The molecule has 3 N–H and O–H groups in total. The molecule has 1 fully saturated rings. The Morgan fingerprint density at radius 3 is 2.42 bits per heavy atom. The van der Waals surface area contributed by atoms with Gasteiger partial charge in [0.1, 0.15) is 11.1 Å². The van der Waals surface area contributed by atoms with Crippen LogP contribution in [0.2, 0.25) is 0 Å². The van der Waals surface area contributed by atoms with Crippen molar-refractivity contribution < 1.29 is 13.2 Å². The van der Waals surface area contributed by atoms with Crippen molar-refractivity contribution in [3.05, 3.63) is 30.5 Å². The van der Waals surface area contributed by atoms with Crippen LogP contribution in [0.5, 0.6) is 0 Å². The molecule has 1 aromatic carbocycles. The largest absolute Gasteiger partial charge is 0.384 e. The Morgan fingerprint density at radius 1 is 1.26 bits per heavy atom. The molecule has 1 aromatic heterocycles. The summed E-state index contributed by atoms with van der Waals surface area (Å²) in [5.74, 6) is 0.461. The van der Waals surface area contributed by atoms with Gasteiger partial charge in [-0.15, -0.1) is 0 Å². The van der Waals surface area contributed by atoms with E-state index >= 15 is 0 Å². The Bertz CT molecular complexity index is 687. The Kier molecular flexibility index (Phi) is 2.79. The van der Waals surface area contributed by atoms with Gasteiger partial charge in [0.2, 0.25) is 0 Å². The molecule has 3 rings (SSSR count). The molecule has 1 saturated heterocycles. The number of nitrogens with zero attached hydrogens (tertiary/aromatic N) is 1. The fraction of sp³-hybridized carbons (Fsp3) is 0.250. The summed E-state index contributed by atoms with van der Waals surface area (Å²) in [4.78, 5) is 0.312. The van der Waals surface area contributed by atoms with Crippen LogP contribution >= 0.6 is 0 Å². The van der Waals surface area contributed by atoms with Crippen molar-refractivity contribution in [2.24, 2.45) is 0 Å². The van der Waals surface area contributed by atoms with E-state index in [2.05, 4.69) is 10.2 Å². The number of nitrogens with two attached hydrogens (primary N) is 1. The average Bonchev–Trinajstić information content (AvgIpc) is 2.73. The first-order valence-electron chi connectivity index (χ1n) is 5.80. The van der Waals surface area contributed by atoms with E-state index in [-0.39, 0.29) is 13.2 Å². The summed E-state index contributed by atoms with van der Waals surface area (Å²) in [5, 5.41) is 6.06. The zero-order valence-electron chi connectivity index (χ0n) is 10.0. The van der Waals surface area contributed by atoms with Gasteiger partial charge in [0.15, 0.2) is 9.84 Å². The summed E-state index contributed by atoms with van der Waals surface area (Å²) < 4.78 is 29.2. The number of sulfone groups is 1. The van der Waals surface area contributed by atoms with Crippen LogP contribution in [0.3, 0.4) is 0 Å². The number of nitrogen functional groups attached to an aromatic ring is 1. The monoisotopic (exact) mass is 279 g/mol. The normalized spacial score (nSPS) is 16.2. The van der Waals surface area contributed by atoms with Crippen molar-refractivity contribution >= 4 is 15.7 Å². The maximum Gasteiger partial charge on any atom is 0.185 e. The molecule has 0 spiro atoms. The highest BCUT2D eigenvalue weighted by molar-refractivity contribution is 7.92. The zero-order valence-corrected chi connectivity index (χ0v) is 10.9. The first-order valence-corrected chi connectivity index (χ1v) is 7.34. The molecule has 19 heavy (non-hydrogen) atoms. The number of anilines is 1. The molecule has 2 aromatic rings. The van der Waals surface area contributed by atoms with Crippen LogP contribution in [0, 0.1) is 0 Å². The molecule has 6 nitrogen and oxygen atoms in total. The SMILES string of the molecule is Nc1[nH]ncc1-c1ccc(S(=O)(=O)C2COC2)cc1. The van der Waals surface area contributed by atoms with Crippen molar-refractivity contribution in [2.75, 3.05) is 18.9 Å². The second kappa shape index (κ2) is 4.36. The standard InChI is InChI=1S/C12H13N3O3S/c13-12-11(5-14-15-12)8-1-3-9(4-2-8)19(16,17)10-6-18-7-10/h1-5,10H,6-7H2,(H3,13,14,15). The maximum absolute atomic E-state index is 12.2. The minimum Gasteiger partial charge on any atom is -0.384 e. The van der Waals surface area contributed by atoms with E-state index in [4.69, 9.17) is 10.5 Å². The molecular weight excluding hydrogens is 266 g/mol. The van der Waals surface area contributed by atoms with Crippen molar-refractivity contribution in [2.45, 2.75) is 10.1 Å². The van der Waals surface area contributed by atoms with Gasteiger partial charge in [0, 0.05) is 5.56 Å². The third-order valence-corrected chi connectivity index (χ3v) is 5.29. The minimum absolute atomic E-state index is 0.277. The molecule has 0 atom stereocenters. The van der Waals surface area contributed by atoms with Crippen molar-refractivity contribution in [1.82, 2.24) is 10.2 Å². The zero-order chi connectivity index (χ0) is 13.5. The van der Waals surface area contributed by atoms with Gasteiger partial charge in [0.05, 0.1) is 24.3 Å². The lowest BCUT2D eigenvalue weighted by Crippen LogP contribution is -2.40. The van der Waals surface area contributed by atoms with Gasteiger partial charge in [0.25, 0.3) is 0 Å². The molecule has 7 heteroatoms. The fourth-order valence-electron chi connectivity index (χ4n) is 1.94. The van der Waals surface area contributed by atoms with Gasteiger partial charge in [-0.25, -0.2) is 8.42 Å². The number of hydrogen-bond acceptors (Lipinski definition) is 5. The Morgan fingerprint density at radius 2 is 1.95 bits per heavy atom. The number of hydrogen-bond donors (Lipinski definition) is 2. The quantitative estimate of drug-likeness (QED) is 0.867. The van der Waals surface area contributed by atoms with Gasteiger partial charge in [-0.05, 0) is 17.7 Å². The first-order chi connectivity index (χ1) is 9.09. The van der Waals surface area contributed by atoms with Gasteiger partial charge in [-0.3, -0.25) is 5.10 Å². The summed E-state index contributed by atoms with van der Waals surface area (Å²) >= 11 is 0. The summed E-state index contributed by atoms with van der Waals surface area (Å²) in [7, 11) is -3.28. The van der Waals surface area contributed by atoms with Crippen LogP contribution in [0.4, 0.5) is 5.82 Å². The molecule has 0 saturated carbocycles. The number of benzene rings is 1. The van der Waals surface area contributed by atoms with E-state index in [0.717, 1.165) is 11.1 Å². The number of aromatic amines is 1. The number of ether oxygens (including phenoxy) is 1. The number of H-pyrrole nitrogens is 1. The molecular formula is C12H13N3O3S. The molecule has 0 aliphatic carbocycles. The van der Waals surface area contributed by atoms with E-state index in [0.29, 0.717) is 10.7 Å². The van der Waals surface area contributed by atoms with E-state index in [1.807, 2.05) is 0 Å². The predicted octanol–water partition coefficient (Wildman–Crippen LogP) is 0.831. The number of rotatable bonds is 3. The Hall–Kier alpha value is -1.86. The first kappa shape index (κ1) is 12.2. The highest BCUT2D eigenvalue weighted by Crippen LogP contribution is 2.27. The summed E-state index contributed by atoms with van der Waals surface area (Å²) in [5.41, 5.74) is 7.31. The van der Waals surface area contributed by atoms with E-state index in [9.17, 15) is 8.42 Å². The topological polar surface area (TPSA) is 98.1 Å². The highest BCUT2D eigenvalue weighted by Gasteiger charge is 2.33. The van der Waals surface area contributed by atoms with Crippen LogP contribution < -0.4 is 5.73 Å².